The highest BCUT2D eigenvalue weighted by Crippen LogP contribution is 2.59. The molecule has 12 nitrogen and oxygen atoms in total. The van der Waals surface area contributed by atoms with Gasteiger partial charge >= 0.3 is 33.3 Å². The number of carboxylic acid groups (broad SMARTS) is 1. The molecule has 0 aromatic heterocycles. The maximum Gasteiger partial charge on any atom is 0.479 e. The van der Waals surface area contributed by atoms with Crippen LogP contribution in [0.3, 0.4) is 0 Å². The predicted molar refractivity (Wildman–Crippen MR) is 182 cm³/mol. The van der Waals surface area contributed by atoms with Gasteiger partial charge in [0, 0.05) is 12.8 Å². The fourth-order valence-corrected chi connectivity index (χ4v) is 7.45. The van der Waals surface area contributed by atoms with Gasteiger partial charge in [-0.25, -0.2) is 8.88 Å². The summed E-state index contributed by atoms with van der Waals surface area (Å²) in [5, 5.41) is 8.69. The van der Waals surface area contributed by atoms with E-state index >= 15 is 0 Å². The van der Waals surface area contributed by atoms with Gasteiger partial charge in [-0.15, -0.1) is 0 Å². The van der Waals surface area contributed by atoms with E-state index in [9.17, 15) is 33.3 Å². The van der Waals surface area contributed by atoms with E-state index in [2.05, 4.69) is 18.2 Å². The van der Waals surface area contributed by atoms with Gasteiger partial charge in [-0.3, -0.25) is 23.5 Å². The lowest BCUT2D eigenvalue weighted by atomic mass is 10.1. The molecular formula is C33H64O12P2. The number of rotatable bonds is 34. The van der Waals surface area contributed by atoms with Crippen LogP contribution in [0.1, 0.15) is 168 Å². The SMILES string of the molecule is CCCCCCCCCCCCCC(=O)OC[C@H](COP(=O)(O)OP(=O)(O)CC(=O)O)OC(=O)CCCCCCCCCCCCC. The Morgan fingerprint density at radius 2 is 0.957 bits per heavy atom. The molecule has 0 aliphatic rings. The molecule has 0 heterocycles. The van der Waals surface area contributed by atoms with E-state index in [1.165, 1.54) is 83.5 Å². The van der Waals surface area contributed by atoms with Gasteiger partial charge in [0.05, 0.1) is 6.61 Å². The van der Waals surface area contributed by atoms with E-state index in [1.54, 1.807) is 0 Å². The largest absolute Gasteiger partial charge is 0.481 e. The van der Waals surface area contributed by atoms with Crippen molar-refractivity contribution in [3.05, 3.63) is 0 Å². The van der Waals surface area contributed by atoms with Gasteiger partial charge in [-0.05, 0) is 12.8 Å². The van der Waals surface area contributed by atoms with Gasteiger partial charge < -0.3 is 24.4 Å². The number of hydrogen-bond donors (Lipinski definition) is 3. The average molecular weight is 715 g/mol. The molecule has 47 heavy (non-hydrogen) atoms. The minimum Gasteiger partial charge on any atom is -0.481 e. The van der Waals surface area contributed by atoms with Crippen molar-refractivity contribution in [2.45, 2.75) is 174 Å². The number of phosphoric acid groups is 1. The van der Waals surface area contributed by atoms with Crippen molar-refractivity contribution in [3.63, 3.8) is 0 Å². The molecule has 3 atom stereocenters. The molecule has 0 aliphatic heterocycles. The Balaban J connectivity index is 4.58. The summed E-state index contributed by atoms with van der Waals surface area (Å²) >= 11 is 0. The smallest absolute Gasteiger partial charge is 0.479 e. The van der Waals surface area contributed by atoms with Crippen molar-refractivity contribution < 1.29 is 56.7 Å². The Hall–Kier alpha value is -1.29. The maximum atomic E-state index is 12.5. The van der Waals surface area contributed by atoms with Crippen LogP contribution in [0.4, 0.5) is 0 Å². The second kappa shape index (κ2) is 29.6. The summed E-state index contributed by atoms with van der Waals surface area (Å²) in [6.45, 7) is 3.17. The first kappa shape index (κ1) is 45.7. The highest BCUT2D eigenvalue weighted by atomic mass is 31.3. The fraction of sp³-hybridized carbons (Fsp3) is 0.909. The Bertz CT molecular complexity index is 914. The molecule has 278 valence electrons. The molecule has 3 N–H and O–H groups in total. The molecule has 0 spiro atoms. The number of carbonyl (C=O) groups is 3. The first-order valence-electron chi connectivity index (χ1n) is 18.0. The Kier molecular flexibility index (Phi) is 28.8. The highest BCUT2D eigenvalue weighted by Gasteiger charge is 2.36. The lowest BCUT2D eigenvalue weighted by molar-refractivity contribution is -0.161. The zero-order chi connectivity index (χ0) is 35.2. The van der Waals surface area contributed by atoms with Crippen molar-refractivity contribution in [2.24, 2.45) is 0 Å². The molecule has 0 aromatic carbocycles. The third kappa shape index (κ3) is 31.7. The van der Waals surface area contributed by atoms with E-state index in [0.717, 1.165) is 44.9 Å². The Morgan fingerprint density at radius 3 is 1.36 bits per heavy atom. The van der Waals surface area contributed by atoms with Crippen LogP contribution >= 0.6 is 15.4 Å². The van der Waals surface area contributed by atoms with Gasteiger partial charge in [-0.1, -0.05) is 142 Å². The van der Waals surface area contributed by atoms with Gasteiger partial charge in [-0.2, -0.15) is 0 Å². The first-order chi connectivity index (χ1) is 22.4. The summed E-state index contributed by atoms with van der Waals surface area (Å²) < 4.78 is 43.4. The minimum absolute atomic E-state index is 0.0952. The number of esters is 2. The topological polar surface area (TPSA) is 183 Å². The number of ether oxygens (including phenoxy) is 2. The molecule has 0 aliphatic carbocycles. The summed E-state index contributed by atoms with van der Waals surface area (Å²) in [6, 6.07) is 0. The lowest BCUT2D eigenvalue weighted by Gasteiger charge is -2.20. The monoisotopic (exact) mass is 714 g/mol. The van der Waals surface area contributed by atoms with Gasteiger partial charge in [0.2, 0.25) is 0 Å². The molecule has 0 amide bonds. The van der Waals surface area contributed by atoms with Crippen LogP contribution in [0.2, 0.25) is 0 Å². The van der Waals surface area contributed by atoms with Crippen LogP contribution in [0.25, 0.3) is 0 Å². The number of unbranched alkanes of at least 4 members (excludes halogenated alkanes) is 20. The van der Waals surface area contributed by atoms with Crippen molar-refractivity contribution >= 4 is 33.3 Å². The van der Waals surface area contributed by atoms with Crippen molar-refractivity contribution in [3.8, 4) is 0 Å². The van der Waals surface area contributed by atoms with Crippen LogP contribution in [0, 0.1) is 0 Å². The average Bonchev–Trinajstić information content (AvgIpc) is 2.98. The highest BCUT2D eigenvalue weighted by molar-refractivity contribution is 7.64. The summed E-state index contributed by atoms with van der Waals surface area (Å²) in [4.78, 5) is 54.9. The van der Waals surface area contributed by atoms with E-state index in [1.807, 2.05) is 0 Å². The summed E-state index contributed by atoms with van der Waals surface area (Å²) in [5.41, 5.74) is 0. The number of aliphatic carboxylic acids is 1. The third-order valence-corrected chi connectivity index (χ3v) is 10.7. The second-order valence-corrected chi connectivity index (χ2v) is 15.8. The molecule has 0 aromatic rings. The Labute approximate surface area is 283 Å². The second-order valence-electron chi connectivity index (χ2n) is 12.4. The van der Waals surface area contributed by atoms with Gasteiger partial charge in [0.1, 0.15) is 12.8 Å². The zero-order valence-corrected chi connectivity index (χ0v) is 30.9. The quantitative estimate of drug-likeness (QED) is 0.0327. The predicted octanol–water partition coefficient (Wildman–Crippen LogP) is 9.25. The van der Waals surface area contributed by atoms with Crippen molar-refractivity contribution in [1.82, 2.24) is 0 Å². The molecule has 2 unspecified atom stereocenters. The minimum atomic E-state index is -5.21. The van der Waals surface area contributed by atoms with Gasteiger partial charge in [0.25, 0.3) is 0 Å². The first-order valence-corrected chi connectivity index (χ1v) is 21.2. The number of carbonyl (C=O) groups excluding carboxylic acids is 2. The van der Waals surface area contributed by atoms with E-state index < -0.39 is 58.8 Å². The van der Waals surface area contributed by atoms with Crippen LogP contribution in [0.5, 0.6) is 0 Å². The molecule has 0 saturated heterocycles. The van der Waals surface area contributed by atoms with Crippen LogP contribution in [-0.4, -0.2) is 58.3 Å². The van der Waals surface area contributed by atoms with E-state index in [-0.39, 0.29) is 12.8 Å². The van der Waals surface area contributed by atoms with Crippen molar-refractivity contribution in [1.29, 1.82) is 0 Å². The zero-order valence-electron chi connectivity index (χ0n) is 29.1. The van der Waals surface area contributed by atoms with Crippen LogP contribution in [0.15, 0.2) is 0 Å². The number of carboxylic acids is 1. The number of hydrogen-bond acceptors (Lipinski definition) is 9. The maximum absolute atomic E-state index is 12.5. The van der Waals surface area contributed by atoms with E-state index in [4.69, 9.17) is 19.1 Å². The molecular weight excluding hydrogens is 650 g/mol. The fourth-order valence-electron chi connectivity index (χ4n) is 5.05. The molecule has 0 fully saturated rings. The molecule has 0 rings (SSSR count). The van der Waals surface area contributed by atoms with Crippen molar-refractivity contribution in [2.75, 3.05) is 19.4 Å². The summed E-state index contributed by atoms with van der Waals surface area (Å²) in [6.07, 6.45) is 22.3. The Morgan fingerprint density at radius 1 is 0.574 bits per heavy atom. The molecule has 0 radical (unpaired) electrons. The third-order valence-electron chi connectivity index (χ3n) is 7.69. The lowest BCUT2D eigenvalue weighted by Crippen LogP contribution is -2.29. The van der Waals surface area contributed by atoms with Gasteiger partial charge in [0.15, 0.2) is 6.10 Å². The molecule has 0 bridgehead atoms. The van der Waals surface area contributed by atoms with Crippen LogP contribution in [-0.2, 0) is 41.8 Å². The molecule has 0 saturated carbocycles. The van der Waals surface area contributed by atoms with E-state index in [0.29, 0.717) is 12.8 Å². The number of phosphoric ester groups is 1. The molecule has 14 heteroatoms. The standard InChI is InChI=1S/C33H64O12P2/c1-3-5-7-9-11-13-15-17-19-21-23-25-32(36)42-27-30(28-43-47(40,41)45-46(38,39)29-31(34)35)44-33(37)26-24-22-20-18-16-14-12-10-8-6-4-2/h30H,3-29H2,1-2H3,(H,34,35)(H,38,39)(H,40,41)/t30-/m1/s1. The van der Waals surface area contributed by atoms with Crippen LogP contribution < -0.4 is 0 Å². The summed E-state index contributed by atoms with van der Waals surface area (Å²) in [7, 11) is -10.2. The normalized spacial score (nSPS) is 14.6. The summed E-state index contributed by atoms with van der Waals surface area (Å²) in [5.74, 6) is -2.84.